The SMILES string of the molecule is CC(=O)N1c2ccccc2C(Nc2cncc(C)n2)C(C)C1C1CC1. The van der Waals surface area contributed by atoms with Gasteiger partial charge in [-0.25, -0.2) is 4.98 Å². The maximum atomic E-state index is 12.4. The normalized spacial score (nSPS) is 25.4. The van der Waals surface area contributed by atoms with Crippen LogP contribution in [0.25, 0.3) is 0 Å². The molecule has 5 nitrogen and oxygen atoms in total. The van der Waals surface area contributed by atoms with Crippen molar-refractivity contribution in [2.24, 2.45) is 11.8 Å². The molecule has 1 aromatic carbocycles. The number of benzene rings is 1. The molecular weight excluding hydrogens is 312 g/mol. The Morgan fingerprint density at radius 3 is 2.68 bits per heavy atom. The molecule has 1 fully saturated rings. The van der Waals surface area contributed by atoms with Gasteiger partial charge in [-0.05, 0) is 37.3 Å². The van der Waals surface area contributed by atoms with Crippen LogP contribution >= 0.6 is 0 Å². The molecule has 0 bridgehead atoms. The van der Waals surface area contributed by atoms with E-state index in [9.17, 15) is 4.79 Å². The molecule has 2 aromatic rings. The first-order chi connectivity index (χ1) is 12.1. The number of aryl methyl sites for hydroxylation is 1. The van der Waals surface area contributed by atoms with E-state index in [0.717, 1.165) is 22.8 Å². The van der Waals surface area contributed by atoms with Gasteiger partial charge in [-0.3, -0.25) is 9.78 Å². The molecule has 2 aliphatic rings. The van der Waals surface area contributed by atoms with Crippen molar-refractivity contribution in [2.45, 2.75) is 45.7 Å². The second-order valence-electron chi connectivity index (χ2n) is 7.30. The highest BCUT2D eigenvalue weighted by molar-refractivity contribution is 5.94. The van der Waals surface area contributed by atoms with Crippen LogP contribution in [-0.4, -0.2) is 21.9 Å². The van der Waals surface area contributed by atoms with Gasteiger partial charge in [0.25, 0.3) is 0 Å². The van der Waals surface area contributed by atoms with Gasteiger partial charge in [-0.15, -0.1) is 0 Å². The van der Waals surface area contributed by atoms with Gasteiger partial charge in [0.2, 0.25) is 5.91 Å². The molecule has 0 spiro atoms. The molecule has 1 amide bonds. The van der Waals surface area contributed by atoms with Crippen LogP contribution in [0.4, 0.5) is 11.5 Å². The first-order valence-electron chi connectivity index (χ1n) is 9.00. The van der Waals surface area contributed by atoms with Crippen LogP contribution < -0.4 is 10.2 Å². The molecule has 1 saturated carbocycles. The number of fused-ring (bicyclic) bond motifs is 1. The van der Waals surface area contributed by atoms with E-state index in [4.69, 9.17) is 0 Å². The Hall–Kier alpha value is -2.43. The van der Waals surface area contributed by atoms with Crippen LogP contribution in [0.5, 0.6) is 0 Å². The van der Waals surface area contributed by atoms with E-state index < -0.39 is 0 Å². The third-order valence-electron chi connectivity index (χ3n) is 5.40. The van der Waals surface area contributed by atoms with Crippen LogP contribution in [0.3, 0.4) is 0 Å². The van der Waals surface area contributed by atoms with Crippen molar-refractivity contribution < 1.29 is 4.79 Å². The molecule has 2 heterocycles. The van der Waals surface area contributed by atoms with Gasteiger partial charge in [-0.2, -0.15) is 0 Å². The van der Waals surface area contributed by atoms with Gasteiger partial charge < -0.3 is 10.2 Å². The van der Waals surface area contributed by atoms with Crippen LogP contribution in [0, 0.1) is 18.8 Å². The summed E-state index contributed by atoms with van der Waals surface area (Å²) in [6.45, 7) is 5.87. The Kier molecular flexibility index (Phi) is 3.94. The monoisotopic (exact) mass is 336 g/mol. The summed E-state index contributed by atoms with van der Waals surface area (Å²) < 4.78 is 0. The third-order valence-corrected chi connectivity index (χ3v) is 5.40. The van der Waals surface area contributed by atoms with Crippen molar-refractivity contribution in [1.29, 1.82) is 0 Å². The summed E-state index contributed by atoms with van der Waals surface area (Å²) in [6, 6.07) is 8.59. The quantitative estimate of drug-likeness (QED) is 0.928. The number of anilines is 2. The number of hydrogen-bond donors (Lipinski definition) is 1. The van der Waals surface area contributed by atoms with Gasteiger partial charge in [0.05, 0.1) is 17.9 Å². The number of carbonyl (C=O) groups is 1. The second-order valence-corrected chi connectivity index (χ2v) is 7.30. The molecular formula is C20H24N4O. The minimum atomic E-state index is 0.119. The number of carbonyl (C=O) groups excluding carboxylic acids is 1. The van der Waals surface area contributed by atoms with E-state index in [0.29, 0.717) is 11.8 Å². The molecule has 0 saturated heterocycles. The van der Waals surface area contributed by atoms with Crippen molar-refractivity contribution in [3.8, 4) is 0 Å². The summed E-state index contributed by atoms with van der Waals surface area (Å²) in [5.41, 5.74) is 3.08. The molecule has 5 heteroatoms. The highest BCUT2D eigenvalue weighted by atomic mass is 16.2. The van der Waals surface area contributed by atoms with Crippen LogP contribution in [0.15, 0.2) is 36.7 Å². The van der Waals surface area contributed by atoms with Gasteiger partial charge in [0, 0.05) is 30.8 Å². The molecule has 25 heavy (non-hydrogen) atoms. The molecule has 3 unspecified atom stereocenters. The predicted molar refractivity (Wildman–Crippen MR) is 98.4 cm³/mol. The minimum Gasteiger partial charge on any atom is -0.362 e. The highest BCUT2D eigenvalue weighted by Gasteiger charge is 2.47. The number of aromatic nitrogens is 2. The Balaban J connectivity index is 1.77. The molecule has 0 radical (unpaired) electrons. The molecule has 1 aliphatic carbocycles. The molecule has 1 aliphatic heterocycles. The smallest absolute Gasteiger partial charge is 0.224 e. The molecule has 1 aromatic heterocycles. The van der Waals surface area contributed by atoms with E-state index in [1.54, 1.807) is 19.3 Å². The topological polar surface area (TPSA) is 58.1 Å². The van der Waals surface area contributed by atoms with E-state index in [1.807, 2.05) is 24.0 Å². The average Bonchev–Trinajstić information content (AvgIpc) is 3.41. The Morgan fingerprint density at radius 2 is 2.00 bits per heavy atom. The first-order valence-corrected chi connectivity index (χ1v) is 9.00. The van der Waals surface area contributed by atoms with Crippen LogP contribution in [-0.2, 0) is 4.79 Å². The fourth-order valence-corrected chi connectivity index (χ4v) is 4.20. The van der Waals surface area contributed by atoms with Gasteiger partial charge in [0.1, 0.15) is 5.82 Å². The zero-order valence-corrected chi connectivity index (χ0v) is 14.9. The lowest BCUT2D eigenvalue weighted by molar-refractivity contribution is -0.117. The number of nitrogens with one attached hydrogen (secondary N) is 1. The van der Waals surface area contributed by atoms with Crippen LogP contribution in [0.2, 0.25) is 0 Å². The maximum Gasteiger partial charge on any atom is 0.224 e. The fourth-order valence-electron chi connectivity index (χ4n) is 4.20. The number of para-hydroxylation sites is 1. The van der Waals surface area contributed by atoms with E-state index in [-0.39, 0.29) is 18.0 Å². The second kappa shape index (κ2) is 6.14. The molecule has 3 atom stereocenters. The summed E-state index contributed by atoms with van der Waals surface area (Å²) in [7, 11) is 0. The van der Waals surface area contributed by atoms with E-state index in [1.165, 1.54) is 12.8 Å². The molecule has 1 N–H and O–H groups in total. The van der Waals surface area contributed by atoms with Crippen molar-refractivity contribution in [1.82, 2.24) is 9.97 Å². The summed E-state index contributed by atoms with van der Waals surface area (Å²) >= 11 is 0. The average molecular weight is 336 g/mol. The van der Waals surface area contributed by atoms with Gasteiger partial charge >= 0.3 is 0 Å². The third kappa shape index (κ3) is 2.88. The summed E-state index contributed by atoms with van der Waals surface area (Å²) in [4.78, 5) is 23.3. The first kappa shape index (κ1) is 16.1. The number of nitrogens with zero attached hydrogens (tertiary/aromatic N) is 3. The number of amides is 1. The van der Waals surface area contributed by atoms with Crippen molar-refractivity contribution in [3.05, 3.63) is 47.9 Å². The minimum absolute atomic E-state index is 0.119. The van der Waals surface area contributed by atoms with Crippen molar-refractivity contribution in [3.63, 3.8) is 0 Å². The molecule has 4 rings (SSSR count). The fraction of sp³-hybridized carbons (Fsp3) is 0.450. The zero-order valence-electron chi connectivity index (χ0n) is 14.9. The predicted octanol–water partition coefficient (Wildman–Crippen LogP) is 3.72. The Labute approximate surface area is 148 Å². The van der Waals surface area contributed by atoms with E-state index >= 15 is 0 Å². The maximum absolute atomic E-state index is 12.4. The Morgan fingerprint density at radius 1 is 1.24 bits per heavy atom. The summed E-state index contributed by atoms with van der Waals surface area (Å²) in [6.07, 6.45) is 5.94. The van der Waals surface area contributed by atoms with Gasteiger partial charge in [0.15, 0.2) is 0 Å². The number of hydrogen-bond acceptors (Lipinski definition) is 4. The highest BCUT2D eigenvalue weighted by Crippen LogP contribution is 2.49. The number of rotatable bonds is 3. The largest absolute Gasteiger partial charge is 0.362 e. The van der Waals surface area contributed by atoms with Gasteiger partial charge in [-0.1, -0.05) is 25.1 Å². The van der Waals surface area contributed by atoms with Crippen molar-refractivity contribution in [2.75, 3.05) is 10.2 Å². The lowest BCUT2D eigenvalue weighted by Crippen LogP contribution is -2.51. The zero-order chi connectivity index (χ0) is 17.6. The van der Waals surface area contributed by atoms with Crippen molar-refractivity contribution >= 4 is 17.4 Å². The van der Waals surface area contributed by atoms with E-state index in [2.05, 4.69) is 34.3 Å². The summed E-state index contributed by atoms with van der Waals surface area (Å²) in [5.74, 6) is 1.82. The lowest BCUT2D eigenvalue weighted by atomic mass is 9.80. The van der Waals surface area contributed by atoms with Crippen LogP contribution in [0.1, 0.15) is 44.0 Å². The lowest BCUT2D eigenvalue weighted by Gasteiger charge is -2.45. The summed E-state index contributed by atoms with van der Waals surface area (Å²) in [5, 5.41) is 3.59. The standard InChI is InChI=1S/C20H24N4O/c1-12-10-21-11-18(22-12)23-19-13(2)20(15-8-9-15)24(14(3)25)17-7-5-4-6-16(17)19/h4-7,10-11,13,15,19-20H,8-9H2,1-3H3,(H,22,23). The molecule has 130 valence electrons. The Bertz CT molecular complexity index is 802.